The Morgan fingerprint density at radius 3 is 2.06 bits per heavy atom. The summed E-state index contributed by atoms with van der Waals surface area (Å²) in [6.07, 6.45) is -3.13. The quantitative estimate of drug-likeness (QED) is 0.562. The van der Waals surface area contributed by atoms with E-state index in [0.717, 1.165) is 0 Å². The van der Waals surface area contributed by atoms with Crippen molar-refractivity contribution in [1.29, 1.82) is 0 Å². The predicted octanol–water partition coefficient (Wildman–Crippen LogP) is 0.00380. The van der Waals surface area contributed by atoms with E-state index in [2.05, 4.69) is 5.32 Å². The summed E-state index contributed by atoms with van der Waals surface area (Å²) in [5.74, 6) is 0. The summed E-state index contributed by atoms with van der Waals surface area (Å²) in [5.41, 5.74) is -2.02. The van der Waals surface area contributed by atoms with Crippen LogP contribution in [0.25, 0.3) is 0 Å². The van der Waals surface area contributed by atoms with Gasteiger partial charge in [0.25, 0.3) is 0 Å². The Morgan fingerprint density at radius 1 is 1.29 bits per heavy atom. The van der Waals surface area contributed by atoms with Crippen LogP contribution in [0, 0.1) is 0 Å². The zero-order valence-electron chi connectivity index (χ0n) is 11.0. The topological polar surface area (TPSA) is 99.0 Å². The van der Waals surface area contributed by atoms with E-state index in [0.29, 0.717) is 0 Å². The van der Waals surface area contributed by atoms with Crippen LogP contribution >= 0.6 is 0 Å². The molecule has 0 aliphatic heterocycles. The van der Waals surface area contributed by atoms with Crippen molar-refractivity contribution in [1.82, 2.24) is 5.32 Å². The van der Waals surface area contributed by atoms with E-state index in [1.165, 1.54) is 13.8 Å². The summed E-state index contributed by atoms with van der Waals surface area (Å²) in [4.78, 5) is 11.5. The molecule has 102 valence electrons. The molecule has 6 nitrogen and oxygen atoms in total. The molecule has 0 aromatic rings. The van der Waals surface area contributed by atoms with E-state index in [4.69, 9.17) is 4.74 Å². The number of alkyl carbamates (subject to hydrolysis) is 1. The third-order valence-corrected chi connectivity index (χ3v) is 2.22. The molecule has 0 aromatic carbocycles. The first kappa shape index (κ1) is 16.1. The van der Waals surface area contributed by atoms with Crippen LogP contribution in [0.15, 0.2) is 0 Å². The fraction of sp³-hybridized carbons (Fsp3) is 0.909. The molecule has 4 N–H and O–H groups in total. The fourth-order valence-electron chi connectivity index (χ4n) is 1.28. The molecule has 1 amide bonds. The molecule has 0 saturated heterocycles. The van der Waals surface area contributed by atoms with E-state index in [-0.39, 0.29) is 0 Å². The maximum absolute atomic E-state index is 11.5. The molecule has 3 atom stereocenters. The Balaban J connectivity index is 4.64. The molecular weight excluding hydrogens is 226 g/mol. The number of rotatable bonds is 4. The number of nitrogens with one attached hydrogen (secondary N) is 1. The Hall–Kier alpha value is -0.850. The highest BCUT2D eigenvalue weighted by Crippen LogP contribution is 2.15. The zero-order chi connectivity index (χ0) is 13.9. The van der Waals surface area contributed by atoms with Gasteiger partial charge >= 0.3 is 6.09 Å². The van der Waals surface area contributed by atoms with E-state index in [1.807, 2.05) is 0 Å². The second-order valence-electron chi connectivity index (χ2n) is 5.39. The summed E-state index contributed by atoms with van der Waals surface area (Å²) in [6, 6.07) is 0. The molecule has 6 heteroatoms. The predicted molar refractivity (Wildman–Crippen MR) is 62.5 cm³/mol. The van der Waals surface area contributed by atoms with Gasteiger partial charge in [0.15, 0.2) is 0 Å². The van der Waals surface area contributed by atoms with Crippen LogP contribution < -0.4 is 5.32 Å². The SMILES string of the molecule is C[C@@H](O)[C@@H](O)[C@](C)(CO)NC(=O)OC(C)(C)C. The summed E-state index contributed by atoms with van der Waals surface area (Å²) in [5, 5.41) is 30.6. The van der Waals surface area contributed by atoms with Gasteiger partial charge in [-0.05, 0) is 34.6 Å². The minimum atomic E-state index is -1.35. The van der Waals surface area contributed by atoms with Crippen LogP contribution in [0.1, 0.15) is 34.6 Å². The molecule has 0 spiro atoms. The van der Waals surface area contributed by atoms with Gasteiger partial charge in [-0.2, -0.15) is 0 Å². The lowest BCUT2D eigenvalue weighted by Gasteiger charge is -2.35. The summed E-state index contributed by atoms with van der Waals surface area (Å²) >= 11 is 0. The summed E-state index contributed by atoms with van der Waals surface area (Å²) in [6.45, 7) is 7.39. The van der Waals surface area contributed by atoms with Crippen LogP contribution in [0.4, 0.5) is 4.79 Å². The molecule has 0 heterocycles. The smallest absolute Gasteiger partial charge is 0.408 e. The monoisotopic (exact) mass is 249 g/mol. The highest BCUT2D eigenvalue weighted by molar-refractivity contribution is 5.68. The van der Waals surface area contributed by atoms with Gasteiger partial charge in [-0.15, -0.1) is 0 Å². The van der Waals surface area contributed by atoms with E-state index >= 15 is 0 Å². The van der Waals surface area contributed by atoms with Crippen LogP contribution in [-0.4, -0.2) is 51.4 Å². The van der Waals surface area contributed by atoms with Crippen LogP contribution in [0.2, 0.25) is 0 Å². The number of ether oxygens (including phenoxy) is 1. The molecule has 0 rings (SSSR count). The molecule has 0 saturated carbocycles. The standard InChI is InChI=1S/C11H23NO5/c1-7(14)8(15)11(5,6-13)12-9(16)17-10(2,3)4/h7-8,13-15H,6H2,1-5H3,(H,12,16)/t7-,8-,11+/m1/s1. The third-order valence-electron chi connectivity index (χ3n) is 2.22. The lowest BCUT2D eigenvalue weighted by Crippen LogP contribution is -2.60. The van der Waals surface area contributed by atoms with Crippen molar-refractivity contribution >= 4 is 6.09 Å². The third kappa shape index (κ3) is 5.34. The second-order valence-corrected chi connectivity index (χ2v) is 5.39. The first-order valence-electron chi connectivity index (χ1n) is 5.50. The molecule has 0 aromatic heterocycles. The van der Waals surface area contributed by atoms with Crippen molar-refractivity contribution in [2.75, 3.05) is 6.61 Å². The number of aliphatic hydroxyl groups excluding tert-OH is 3. The minimum Gasteiger partial charge on any atom is -0.444 e. The number of aliphatic hydroxyl groups is 3. The van der Waals surface area contributed by atoms with Gasteiger partial charge in [-0.3, -0.25) is 0 Å². The normalized spacial score (nSPS) is 19.1. The van der Waals surface area contributed by atoms with Gasteiger partial charge in [0.2, 0.25) is 0 Å². The van der Waals surface area contributed by atoms with Gasteiger partial charge < -0.3 is 25.4 Å². The molecule has 0 unspecified atom stereocenters. The van der Waals surface area contributed by atoms with Crippen LogP contribution in [0.5, 0.6) is 0 Å². The van der Waals surface area contributed by atoms with Crippen molar-refractivity contribution in [3.63, 3.8) is 0 Å². The van der Waals surface area contributed by atoms with E-state index in [9.17, 15) is 20.1 Å². The van der Waals surface area contributed by atoms with Gasteiger partial charge in [-0.1, -0.05) is 0 Å². The average molecular weight is 249 g/mol. The summed E-state index contributed by atoms with van der Waals surface area (Å²) in [7, 11) is 0. The minimum absolute atomic E-state index is 0.516. The molecule has 0 radical (unpaired) electrons. The van der Waals surface area contributed by atoms with Crippen molar-refractivity contribution in [3.8, 4) is 0 Å². The Bertz CT molecular complexity index is 261. The second kappa shape index (κ2) is 5.66. The van der Waals surface area contributed by atoms with Gasteiger partial charge in [0.05, 0.1) is 18.2 Å². The fourth-order valence-corrected chi connectivity index (χ4v) is 1.28. The Kier molecular flexibility index (Phi) is 5.38. The zero-order valence-corrected chi connectivity index (χ0v) is 11.0. The maximum Gasteiger partial charge on any atom is 0.408 e. The molecule has 17 heavy (non-hydrogen) atoms. The van der Waals surface area contributed by atoms with Crippen molar-refractivity contribution in [3.05, 3.63) is 0 Å². The lowest BCUT2D eigenvalue weighted by atomic mass is 9.92. The summed E-state index contributed by atoms with van der Waals surface area (Å²) < 4.78 is 5.01. The lowest BCUT2D eigenvalue weighted by molar-refractivity contribution is -0.0487. The Morgan fingerprint density at radius 2 is 1.76 bits per heavy atom. The van der Waals surface area contributed by atoms with Crippen LogP contribution in [0.3, 0.4) is 0 Å². The highest BCUT2D eigenvalue weighted by Gasteiger charge is 2.38. The van der Waals surface area contributed by atoms with Crippen molar-refractivity contribution in [2.45, 2.75) is 58.0 Å². The maximum atomic E-state index is 11.5. The van der Waals surface area contributed by atoms with Gasteiger partial charge in [0, 0.05) is 0 Å². The van der Waals surface area contributed by atoms with E-state index < -0.39 is 36.0 Å². The number of carbonyl (C=O) groups is 1. The molecular formula is C11H23NO5. The number of hydrogen-bond acceptors (Lipinski definition) is 5. The van der Waals surface area contributed by atoms with Gasteiger partial charge in [-0.25, -0.2) is 4.79 Å². The number of carbonyl (C=O) groups excluding carboxylic acids is 1. The largest absolute Gasteiger partial charge is 0.444 e. The van der Waals surface area contributed by atoms with Crippen molar-refractivity contribution in [2.24, 2.45) is 0 Å². The van der Waals surface area contributed by atoms with Gasteiger partial charge in [0.1, 0.15) is 11.7 Å². The first-order valence-corrected chi connectivity index (χ1v) is 5.50. The van der Waals surface area contributed by atoms with Crippen molar-refractivity contribution < 1.29 is 24.9 Å². The molecule has 0 fully saturated rings. The van der Waals surface area contributed by atoms with Crippen LogP contribution in [-0.2, 0) is 4.74 Å². The number of amides is 1. The molecule has 0 bridgehead atoms. The average Bonchev–Trinajstić information content (AvgIpc) is 2.12. The molecule has 0 aliphatic rings. The van der Waals surface area contributed by atoms with E-state index in [1.54, 1.807) is 20.8 Å². The Labute approximate surface area is 102 Å². The first-order chi connectivity index (χ1) is 7.52. The number of hydrogen-bond donors (Lipinski definition) is 4. The molecule has 0 aliphatic carbocycles. The highest BCUT2D eigenvalue weighted by atomic mass is 16.6.